The molecule has 1 aromatic rings. The molecule has 0 spiro atoms. The molecule has 1 unspecified atom stereocenters. The molecule has 4 nitrogen and oxygen atoms in total. The summed E-state index contributed by atoms with van der Waals surface area (Å²) in [6.07, 6.45) is 1.11. The van der Waals surface area contributed by atoms with Gasteiger partial charge in [-0.3, -0.25) is 4.90 Å². The zero-order chi connectivity index (χ0) is 10.7. The van der Waals surface area contributed by atoms with Crippen molar-refractivity contribution in [1.29, 1.82) is 0 Å². The molecule has 1 aromatic heterocycles. The van der Waals surface area contributed by atoms with Crippen LogP contribution in [0.25, 0.3) is 0 Å². The van der Waals surface area contributed by atoms with Crippen LogP contribution in [0.15, 0.2) is 18.2 Å². The summed E-state index contributed by atoms with van der Waals surface area (Å²) in [5.41, 5.74) is 6.65. The monoisotopic (exact) mass is 207 g/mol. The van der Waals surface area contributed by atoms with Gasteiger partial charge in [0.1, 0.15) is 5.82 Å². The zero-order valence-corrected chi connectivity index (χ0v) is 9.02. The zero-order valence-electron chi connectivity index (χ0n) is 9.02. The van der Waals surface area contributed by atoms with E-state index in [1.54, 1.807) is 0 Å². The fourth-order valence-electron chi connectivity index (χ4n) is 1.84. The molecule has 0 bridgehead atoms. The highest BCUT2D eigenvalue weighted by atomic mass is 16.5. The maximum Gasteiger partial charge on any atom is 0.123 e. The van der Waals surface area contributed by atoms with Gasteiger partial charge in [0, 0.05) is 19.2 Å². The van der Waals surface area contributed by atoms with Crippen LogP contribution in [-0.2, 0) is 11.3 Å². The van der Waals surface area contributed by atoms with Crippen LogP contribution < -0.4 is 5.73 Å². The van der Waals surface area contributed by atoms with E-state index in [4.69, 9.17) is 10.5 Å². The van der Waals surface area contributed by atoms with Crippen LogP contribution >= 0.6 is 0 Å². The van der Waals surface area contributed by atoms with Gasteiger partial charge in [-0.2, -0.15) is 0 Å². The van der Waals surface area contributed by atoms with E-state index in [1.165, 1.54) is 0 Å². The number of aromatic nitrogens is 1. The van der Waals surface area contributed by atoms with Crippen molar-refractivity contribution in [2.75, 3.05) is 26.0 Å². The van der Waals surface area contributed by atoms with Crippen LogP contribution in [0.4, 0.5) is 5.82 Å². The van der Waals surface area contributed by atoms with Crippen LogP contribution in [0.3, 0.4) is 0 Å². The molecular weight excluding hydrogens is 190 g/mol. The second-order valence-corrected chi connectivity index (χ2v) is 3.99. The molecule has 0 amide bonds. The van der Waals surface area contributed by atoms with Crippen molar-refractivity contribution in [3.63, 3.8) is 0 Å². The van der Waals surface area contributed by atoms with Gasteiger partial charge in [-0.05, 0) is 25.6 Å². The molecule has 2 N–H and O–H groups in total. The number of likely N-dealkylation sites (N-methyl/N-ethyl adjacent to an activating group) is 1. The van der Waals surface area contributed by atoms with E-state index < -0.39 is 0 Å². The Labute approximate surface area is 90.0 Å². The van der Waals surface area contributed by atoms with E-state index in [1.807, 2.05) is 18.2 Å². The Kier molecular flexibility index (Phi) is 3.18. The molecule has 1 aliphatic rings. The van der Waals surface area contributed by atoms with Crippen LogP contribution in [0.5, 0.6) is 0 Å². The Balaban J connectivity index is 1.95. The van der Waals surface area contributed by atoms with Gasteiger partial charge in [-0.25, -0.2) is 4.98 Å². The van der Waals surface area contributed by atoms with Crippen LogP contribution in [-0.4, -0.2) is 36.2 Å². The summed E-state index contributed by atoms with van der Waals surface area (Å²) >= 11 is 0. The van der Waals surface area contributed by atoms with Gasteiger partial charge >= 0.3 is 0 Å². The van der Waals surface area contributed by atoms with Gasteiger partial charge in [0.25, 0.3) is 0 Å². The molecule has 1 fully saturated rings. The Hall–Kier alpha value is -1.13. The molecule has 1 aliphatic heterocycles. The van der Waals surface area contributed by atoms with Gasteiger partial charge in [0.2, 0.25) is 0 Å². The first-order valence-corrected chi connectivity index (χ1v) is 5.25. The minimum Gasteiger partial charge on any atom is -0.384 e. The summed E-state index contributed by atoms with van der Waals surface area (Å²) in [4.78, 5) is 6.55. The van der Waals surface area contributed by atoms with E-state index in [0.29, 0.717) is 11.9 Å². The maximum atomic E-state index is 5.63. The predicted octanol–water partition coefficient (Wildman–Crippen LogP) is 0.884. The lowest BCUT2D eigenvalue weighted by Gasteiger charge is -2.22. The smallest absolute Gasteiger partial charge is 0.123 e. The number of nitrogens with zero attached hydrogens (tertiary/aromatic N) is 2. The van der Waals surface area contributed by atoms with E-state index in [-0.39, 0.29) is 0 Å². The van der Waals surface area contributed by atoms with Gasteiger partial charge in [-0.1, -0.05) is 6.07 Å². The lowest BCUT2D eigenvalue weighted by Crippen LogP contribution is -2.31. The van der Waals surface area contributed by atoms with Crippen molar-refractivity contribution < 1.29 is 4.74 Å². The molecule has 1 saturated heterocycles. The summed E-state index contributed by atoms with van der Waals surface area (Å²) in [5.74, 6) is 0.587. The summed E-state index contributed by atoms with van der Waals surface area (Å²) < 4.78 is 5.35. The molecule has 15 heavy (non-hydrogen) atoms. The average Bonchev–Trinajstić information content (AvgIpc) is 2.70. The van der Waals surface area contributed by atoms with Crippen molar-refractivity contribution in [3.8, 4) is 0 Å². The normalized spacial score (nSPS) is 21.1. The topological polar surface area (TPSA) is 51.4 Å². The Morgan fingerprint density at radius 3 is 3.13 bits per heavy atom. The third-order valence-electron chi connectivity index (χ3n) is 2.77. The summed E-state index contributed by atoms with van der Waals surface area (Å²) in [6, 6.07) is 6.27. The Morgan fingerprint density at radius 1 is 1.60 bits per heavy atom. The number of rotatable bonds is 3. The van der Waals surface area contributed by atoms with Crippen molar-refractivity contribution in [3.05, 3.63) is 23.9 Å². The molecule has 82 valence electrons. The summed E-state index contributed by atoms with van der Waals surface area (Å²) in [6.45, 7) is 2.54. The van der Waals surface area contributed by atoms with Crippen molar-refractivity contribution in [1.82, 2.24) is 9.88 Å². The standard InChI is InChI=1S/C11H17N3O/c1-14(10-5-6-15-8-10)7-9-3-2-4-11(12)13-9/h2-4,10H,5-8H2,1H3,(H2,12,13). The molecule has 4 heteroatoms. The highest BCUT2D eigenvalue weighted by molar-refractivity contribution is 5.28. The third kappa shape index (κ3) is 2.67. The van der Waals surface area contributed by atoms with Crippen molar-refractivity contribution in [2.45, 2.75) is 19.0 Å². The largest absolute Gasteiger partial charge is 0.384 e. The van der Waals surface area contributed by atoms with Gasteiger partial charge < -0.3 is 10.5 Å². The summed E-state index contributed by atoms with van der Waals surface area (Å²) in [5, 5.41) is 0. The molecule has 2 rings (SSSR count). The fourth-order valence-corrected chi connectivity index (χ4v) is 1.84. The second kappa shape index (κ2) is 4.59. The molecule has 0 aromatic carbocycles. The average molecular weight is 207 g/mol. The molecule has 2 heterocycles. The van der Waals surface area contributed by atoms with Crippen LogP contribution in [0.1, 0.15) is 12.1 Å². The molecule has 0 saturated carbocycles. The van der Waals surface area contributed by atoms with E-state index in [2.05, 4.69) is 16.9 Å². The molecular formula is C11H17N3O. The molecule has 0 aliphatic carbocycles. The number of nitrogen functional groups attached to an aromatic ring is 1. The quantitative estimate of drug-likeness (QED) is 0.799. The van der Waals surface area contributed by atoms with E-state index in [9.17, 15) is 0 Å². The van der Waals surface area contributed by atoms with Crippen LogP contribution in [0.2, 0.25) is 0 Å². The second-order valence-electron chi connectivity index (χ2n) is 3.99. The van der Waals surface area contributed by atoms with E-state index >= 15 is 0 Å². The SMILES string of the molecule is CN(Cc1cccc(N)n1)C1CCOC1. The maximum absolute atomic E-state index is 5.63. The highest BCUT2D eigenvalue weighted by Crippen LogP contribution is 2.13. The number of hydrogen-bond donors (Lipinski definition) is 1. The lowest BCUT2D eigenvalue weighted by molar-refractivity contribution is 0.156. The van der Waals surface area contributed by atoms with Crippen molar-refractivity contribution in [2.24, 2.45) is 0 Å². The molecule has 1 atom stereocenters. The number of anilines is 1. The number of pyridine rings is 1. The minimum atomic E-state index is 0.522. The van der Waals surface area contributed by atoms with Crippen LogP contribution in [0, 0.1) is 0 Å². The third-order valence-corrected chi connectivity index (χ3v) is 2.77. The lowest BCUT2D eigenvalue weighted by atomic mass is 10.2. The number of nitrogens with two attached hydrogens (primary N) is 1. The number of ether oxygens (including phenoxy) is 1. The highest BCUT2D eigenvalue weighted by Gasteiger charge is 2.20. The summed E-state index contributed by atoms with van der Waals surface area (Å²) in [7, 11) is 2.10. The first-order valence-electron chi connectivity index (χ1n) is 5.25. The van der Waals surface area contributed by atoms with Crippen molar-refractivity contribution >= 4 is 5.82 Å². The molecule has 0 radical (unpaired) electrons. The first-order chi connectivity index (χ1) is 7.25. The Morgan fingerprint density at radius 2 is 2.47 bits per heavy atom. The van der Waals surface area contributed by atoms with Gasteiger partial charge in [0.15, 0.2) is 0 Å². The number of hydrogen-bond acceptors (Lipinski definition) is 4. The minimum absolute atomic E-state index is 0.522. The first kappa shape index (κ1) is 10.4. The van der Waals surface area contributed by atoms with E-state index in [0.717, 1.165) is 31.9 Å². The fraction of sp³-hybridized carbons (Fsp3) is 0.545. The van der Waals surface area contributed by atoms with Gasteiger partial charge in [0.05, 0.1) is 12.3 Å². The Bertz CT molecular complexity index is 323. The van der Waals surface area contributed by atoms with Gasteiger partial charge in [-0.15, -0.1) is 0 Å². The predicted molar refractivity (Wildman–Crippen MR) is 59.3 cm³/mol.